The number of para-hydroxylation sites is 1. The van der Waals surface area contributed by atoms with Crippen molar-refractivity contribution in [3.8, 4) is 11.8 Å². The van der Waals surface area contributed by atoms with Crippen molar-refractivity contribution in [3.63, 3.8) is 0 Å². The molecule has 4 rings (SSSR count). The van der Waals surface area contributed by atoms with Crippen LogP contribution in [0, 0.1) is 11.3 Å². The molecule has 1 aromatic carbocycles. The molecule has 36 heavy (non-hydrogen) atoms. The van der Waals surface area contributed by atoms with E-state index in [9.17, 15) is 14.9 Å². The molecule has 2 heterocycles. The Morgan fingerprint density at radius 3 is 2.92 bits per heavy atom. The number of amides is 1. The van der Waals surface area contributed by atoms with Gasteiger partial charge in [0.05, 0.1) is 30.7 Å². The molecule has 1 aliphatic carbocycles. The van der Waals surface area contributed by atoms with E-state index in [1.807, 2.05) is 42.8 Å². The van der Waals surface area contributed by atoms with Gasteiger partial charge in [0.2, 0.25) is 0 Å². The van der Waals surface area contributed by atoms with Crippen molar-refractivity contribution in [2.75, 3.05) is 6.61 Å². The minimum Gasteiger partial charge on any atom is -0.494 e. The molecule has 188 valence electrons. The Kier molecular flexibility index (Phi) is 8.39. The van der Waals surface area contributed by atoms with Crippen LogP contribution in [-0.2, 0) is 48.8 Å². The number of aryl methyl sites for hydroxylation is 2. The maximum absolute atomic E-state index is 12.8. The Bertz CT molecular complexity index is 1270. The van der Waals surface area contributed by atoms with Gasteiger partial charge in [0.15, 0.2) is 0 Å². The number of benzene rings is 1. The SMILES string of the molecule is CCOc1ccccc1CCC(=O)Cc1sc2c(c1C#N)CCC(OC(=O)NCc1cncn1C)C2. The molecular weight excluding hydrogens is 476 g/mol. The minimum absolute atomic E-state index is 0.0961. The molecule has 3 aromatic rings. The number of hydrogen-bond acceptors (Lipinski definition) is 7. The van der Waals surface area contributed by atoms with Crippen LogP contribution in [0.2, 0.25) is 0 Å². The van der Waals surface area contributed by atoms with E-state index in [1.54, 1.807) is 12.5 Å². The highest BCUT2D eigenvalue weighted by atomic mass is 32.1. The van der Waals surface area contributed by atoms with E-state index in [0.717, 1.165) is 32.3 Å². The monoisotopic (exact) mass is 506 g/mol. The van der Waals surface area contributed by atoms with E-state index in [0.29, 0.717) is 50.8 Å². The molecule has 0 fully saturated rings. The molecule has 1 N–H and O–H groups in total. The molecular formula is C27H30N4O4S. The van der Waals surface area contributed by atoms with Crippen LogP contribution in [0.1, 0.15) is 51.9 Å². The van der Waals surface area contributed by atoms with Crippen molar-refractivity contribution in [2.24, 2.45) is 7.05 Å². The van der Waals surface area contributed by atoms with Crippen LogP contribution in [0.25, 0.3) is 0 Å². The summed E-state index contributed by atoms with van der Waals surface area (Å²) in [4.78, 5) is 31.0. The average Bonchev–Trinajstić information content (AvgIpc) is 3.43. The van der Waals surface area contributed by atoms with Crippen LogP contribution < -0.4 is 10.1 Å². The standard InChI is InChI=1S/C27H30N4O4S/c1-3-34-24-7-5-4-6-18(24)8-9-20(32)12-25-23(14-28)22-11-10-21(13-26(22)36-25)35-27(33)30-16-19-15-29-17-31(19)2/h4-7,15,17,21H,3,8-13,16H2,1-2H3,(H,30,33). The lowest BCUT2D eigenvalue weighted by atomic mass is 9.92. The highest BCUT2D eigenvalue weighted by Gasteiger charge is 2.28. The van der Waals surface area contributed by atoms with Crippen molar-refractivity contribution in [1.82, 2.24) is 14.9 Å². The first-order valence-electron chi connectivity index (χ1n) is 12.1. The summed E-state index contributed by atoms with van der Waals surface area (Å²) in [6.07, 6.45) is 5.75. The van der Waals surface area contributed by atoms with Gasteiger partial charge in [-0.15, -0.1) is 11.3 Å². The lowest BCUT2D eigenvalue weighted by Crippen LogP contribution is -2.32. The van der Waals surface area contributed by atoms with Gasteiger partial charge >= 0.3 is 6.09 Å². The van der Waals surface area contributed by atoms with Gasteiger partial charge in [0.1, 0.15) is 23.7 Å². The van der Waals surface area contributed by atoms with Crippen LogP contribution in [0.5, 0.6) is 5.75 Å². The summed E-state index contributed by atoms with van der Waals surface area (Å²) in [6.45, 7) is 2.86. The van der Waals surface area contributed by atoms with Crippen molar-refractivity contribution in [2.45, 2.75) is 58.1 Å². The second-order valence-electron chi connectivity index (χ2n) is 8.79. The number of nitriles is 1. The first-order chi connectivity index (χ1) is 17.5. The normalized spacial score (nSPS) is 14.5. The van der Waals surface area contributed by atoms with Crippen molar-refractivity contribution in [1.29, 1.82) is 5.26 Å². The number of carbonyl (C=O) groups is 2. The Morgan fingerprint density at radius 2 is 2.17 bits per heavy atom. The van der Waals surface area contributed by atoms with Crippen LogP contribution in [0.3, 0.4) is 0 Å². The zero-order chi connectivity index (χ0) is 25.5. The van der Waals surface area contributed by atoms with Gasteiger partial charge in [-0.05, 0) is 43.4 Å². The number of hydrogen-bond donors (Lipinski definition) is 1. The number of alkyl carbamates (subject to hydrolysis) is 1. The molecule has 0 aliphatic heterocycles. The number of nitrogens with zero attached hydrogens (tertiary/aromatic N) is 3. The van der Waals surface area contributed by atoms with Gasteiger partial charge in [-0.25, -0.2) is 9.78 Å². The predicted molar refractivity (Wildman–Crippen MR) is 136 cm³/mol. The van der Waals surface area contributed by atoms with Gasteiger partial charge < -0.3 is 19.4 Å². The Morgan fingerprint density at radius 1 is 1.33 bits per heavy atom. The summed E-state index contributed by atoms with van der Waals surface area (Å²) in [6, 6.07) is 10.1. The molecule has 0 radical (unpaired) electrons. The summed E-state index contributed by atoms with van der Waals surface area (Å²) >= 11 is 1.50. The molecule has 0 bridgehead atoms. The summed E-state index contributed by atoms with van der Waals surface area (Å²) in [5.74, 6) is 0.909. The van der Waals surface area contributed by atoms with Crippen LogP contribution in [0.4, 0.5) is 4.79 Å². The molecule has 1 amide bonds. The highest BCUT2D eigenvalue weighted by molar-refractivity contribution is 7.12. The third-order valence-electron chi connectivity index (χ3n) is 6.31. The van der Waals surface area contributed by atoms with Crippen molar-refractivity contribution >= 4 is 23.2 Å². The number of aromatic nitrogens is 2. The summed E-state index contributed by atoms with van der Waals surface area (Å²) in [5, 5.41) is 12.6. The van der Waals surface area contributed by atoms with E-state index in [1.165, 1.54) is 11.3 Å². The number of thiophene rings is 1. The fourth-order valence-corrected chi connectivity index (χ4v) is 5.82. The predicted octanol–water partition coefficient (Wildman–Crippen LogP) is 4.28. The molecule has 1 atom stereocenters. The topological polar surface area (TPSA) is 106 Å². The third kappa shape index (κ3) is 6.13. The van der Waals surface area contributed by atoms with Crippen LogP contribution in [0.15, 0.2) is 36.8 Å². The first kappa shape index (κ1) is 25.5. The number of Topliss-reactive ketones (excluding diaryl/α,β-unsaturated/α-hetero) is 1. The van der Waals surface area contributed by atoms with Crippen LogP contribution in [-0.4, -0.2) is 34.1 Å². The van der Waals surface area contributed by atoms with Gasteiger partial charge in [-0.3, -0.25) is 4.79 Å². The number of fused-ring (bicyclic) bond motifs is 1. The lowest BCUT2D eigenvalue weighted by molar-refractivity contribution is -0.118. The minimum atomic E-state index is -0.468. The van der Waals surface area contributed by atoms with E-state index < -0.39 is 6.09 Å². The van der Waals surface area contributed by atoms with Crippen molar-refractivity contribution in [3.05, 3.63) is 68.9 Å². The van der Waals surface area contributed by atoms with Gasteiger partial charge in [-0.1, -0.05) is 18.2 Å². The fourth-order valence-electron chi connectivity index (χ4n) is 4.43. The Balaban J connectivity index is 1.33. The lowest BCUT2D eigenvalue weighted by Gasteiger charge is -2.22. The number of carbonyl (C=O) groups excluding carboxylic acids is 2. The third-order valence-corrected chi connectivity index (χ3v) is 7.57. The number of ketones is 1. The average molecular weight is 507 g/mol. The summed E-state index contributed by atoms with van der Waals surface area (Å²) in [5.41, 5.74) is 3.52. The van der Waals surface area contributed by atoms with E-state index >= 15 is 0 Å². The van der Waals surface area contributed by atoms with Gasteiger partial charge in [0.25, 0.3) is 0 Å². The Labute approximate surface area is 214 Å². The molecule has 0 spiro atoms. The smallest absolute Gasteiger partial charge is 0.407 e. The number of imidazole rings is 1. The molecule has 2 aromatic heterocycles. The maximum Gasteiger partial charge on any atom is 0.407 e. The fraction of sp³-hybridized carbons (Fsp3) is 0.407. The van der Waals surface area contributed by atoms with E-state index in [2.05, 4.69) is 16.4 Å². The number of ether oxygens (including phenoxy) is 2. The molecule has 0 saturated carbocycles. The molecule has 8 nitrogen and oxygen atoms in total. The molecule has 0 saturated heterocycles. The van der Waals surface area contributed by atoms with E-state index in [4.69, 9.17) is 9.47 Å². The Hall–Kier alpha value is -3.64. The number of rotatable bonds is 10. The number of nitrogens with one attached hydrogen (secondary N) is 1. The molecule has 9 heteroatoms. The van der Waals surface area contributed by atoms with Crippen molar-refractivity contribution < 1.29 is 19.1 Å². The maximum atomic E-state index is 12.8. The molecule has 1 unspecified atom stereocenters. The van der Waals surface area contributed by atoms with Gasteiger partial charge in [0, 0.05) is 42.3 Å². The first-order valence-corrected chi connectivity index (χ1v) is 13.0. The second-order valence-corrected chi connectivity index (χ2v) is 9.98. The zero-order valence-electron chi connectivity index (χ0n) is 20.6. The van der Waals surface area contributed by atoms with Crippen LogP contribution >= 0.6 is 11.3 Å². The largest absolute Gasteiger partial charge is 0.494 e. The van der Waals surface area contributed by atoms with Gasteiger partial charge in [-0.2, -0.15) is 5.26 Å². The molecule has 1 aliphatic rings. The van der Waals surface area contributed by atoms with E-state index in [-0.39, 0.29) is 18.3 Å². The second kappa shape index (κ2) is 11.9. The summed E-state index contributed by atoms with van der Waals surface area (Å²) in [7, 11) is 1.86. The highest BCUT2D eigenvalue weighted by Crippen LogP contribution is 2.35. The zero-order valence-corrected chi connectivity index (χ0v) is 21.4. The summed E-state index contributed by atoms with van der Waals surface area (Å²) < 4.78 is 13.1. The quantitative estimate of drug-likeness (QED) is 0.440.